The van der Waals surface area contributed by atoms with E-state index in [1.807, 2.05) is 0 Å². The van der Waals surface area contributed by atoms with Crippen molar-refractivity contribution in [3.05, 3.63) is 0 Å². The van der Waals surface area contributed by atoms with E-state index in [2.05, 4.69) is 16.0 Å². The number of halogens is 3. The maximum absolute atomic E-state index is 13.3. The second-order valence-electron chi connectivity index (χ2n) is 10.9. The molecular formula is C25H44ClF2N3O5S. The van der Waals surface area contributed by atoms with Crippen LogP contribution in [0.5, 0.6) is 0 Å². The molecule has 0 aromatic heterocycles. The first-order valence-electron chi connectivity index (χ1n) is 13.5. The van der Waals surface area contributed by atoms with Crippen LogP contribution in [0, 0.1) is 5.92 Å². The summed E-state index contributed by atoms with van der Waals surface area (Å²) in [4.78, 5) is 13.1. The third-order valence-corrected chi connectivity index (χ3v) is 9.19. The van der Waals surface area contributed by atoms with Crippen molar-refractivity contribution in [1.82, 2.24) is 16.0 Å². The van der Waals surface area contributed by atoms with Crippen molar-refractivity contribution in [2.24, 2.45) is 5.92 Å². The molecule has 3 rings (SSSR count). The maximum Gasteiger partial charge on any atom is 0.248 e. The van der Waals surface area contributed by atoms with Crippen LogP contribution in [0.15, 0.2) is 0 Å². The number of alkyl halides is 3. The zero-order valence-corrected chi connectivity index (χ0v) is 23.3. The summed E-state index contributed by atoms with van der Waals surface area (Å²) in [5.74, 6) is -2.25. The Labute approximate surface area is 228 Å². The van der Waals surface area contributed by atoms with Gasteiger partial charge in [0.05, 0.1) is 17.5 Å². The zero-order valence-electron chi connectivity index (χ0n) is 21.8. The highest BCUT2D eigenvalue weighted by atomic mass is 35.5. The molecule has 0 radical (unpaired) electrons. The summed E-state index contributed by atoms with van der Waals surface area (Å²) < 4.78 is 32.5. The number of amides is 1. The molecule has 2 aliphatic heterocycles. The number of rotatable bonds is 10. The van der Waals surface area contributed by atoms with Crippen LogP contribution in [-0.2, 0) is 9.53 Å². The molecular weight excluding hydrogens is 528 g/mol. The molecule has 2 saturated heterocycles. The average Bonchev–Trinajstić information content (AvgIpc) is 3.11. The fourth-order valence-corrected chi connectivity index (χ4v) is 6.54. The van der Waals surface area contributed by atoms with E-state index >= 15 is 0 Å². The highest BCUT2D eigenvalue weighted by Crippen LogP contribution is 2.33. The van der Waals surface area contributed by atoms with E-state index in [0.29, 0.717) is 31.7 Å². The molecule has 1 saturated carbocycles. The molecule has 216 valence electrons. The summed E-state index contributed by atoms with van der Waals surface area (Å²) in [6, 6.07) is -0.979. The van der Waals surface area contributed by atoms with Gasteiger partial charge in [0.1, 0.15) is 29.9 Å². The number of nitrogens with one attached hydrogen (secondary N) is 3. The third kappa shape index (κ3) is 8.86. The van der Waals surface area contributed by atoms with Crippen molar-refractivity contribution in [3.63, 3.8) is 0 Å². The SMILES string of the molecule is CSC1O[C@H]([C@H](NC(=O)[C@@H]2CC[C@H](CCCNC3CCC(F)(F)CC3)CCN2)[C@H](C)Cl)C(O)C(O)[C@H]1O. The monoisotopic (exact) mass is 571 g/mol. The van der Waals surface area contributed by atoms with Crippen LogP contribution in [-0.4, -0.2) is 99.8 Å². The van der Waals surface area contributed by atoms with Gasteiger partial charge in [-0.2, -0.15) is 0 Å². The molecule has 1 aliphatic carbocycles. The molecule has 2 heterocycles. The van der Waals surface area contributed by atoms with Crippen LogP contribution in [0.2, 0.25) is 0 Å². The normalized spacial score (nSPS) is 36.9. The van der Waals surface area contributed by atoms with Crippen LogP contribution in [0.1, 0.15) is 64.7 Å². The number of ether oxygens (including phenoxy) is 1. The fraction of sp³-hybridized carbons (Fsp3) is 0.960. The Hall–Kier alpha value is -0.270. The Bertz CT molecular complexity index is 716. The lowest BCUT2D eigenvalue weighted by atomic mass is 9.91. The molecule has 1 amide bonds. The van der Waals surface area contributed by atoms with Crippen LogP contribution in [0.25, 0.3) is 0 Å². The molecule has 3 fully saturated rings. The van der Waals surface area contributed by atoms with Gasteiger partial charge in [-0.1, -0.05) is 0 Å². The van der Waals surface area contributed by atoms with Gasteiger partial charge in [-0.3, -0.25) is 4.79 Å². The predicted octanol–water partition coefficient (Wildman–Crippen LogP) is 1.98. The van der Waals surface area contributed by atoms with Gasteiger partial charge in [0.15, 0.2) is 0 Å². The van der Waals surface area contributed by atoms with Crippen molar-refractivity contribution in [2.45, 2.75) is 124 Å². The number of aliphatic hydroxyl groups excluding tert-OH is 3. The molecule has 0 aromatic rings. The van der Waals surface area contributed by atoms with Crippen LogP contribution >= 0.6 is 23.4 Å². The highest BCUT2D eigenvalue weighted by Gasteiger charge is 2.48. The largest absolute Gasteiger partial charge is 0.388 e. The summed E-state index contributed by atoms with van der Waals surface area (Å²) in [6.07, 6.45) is 2.22. The van der Waals surface area contributed by atoms with Crippen LogP contribution < -0.4 is 16.0 Å². The minimum absolute atomic E-state index is 0.0295. The lowest BCUT2D eigenvalue weighted by molar-refractivity contribution is -0.205. The minimum Gasteiger partial charge on any atom is -0.388 e. The summed E-state index contributed by atoms with van der Waals surface area (Å²) in [6.45, 7) is 3.22. The van der Waals surface area contributed by atoms with Gasteiger partial charge in [-0.15, -0.1) is 23.4 Å². The molecule has 6 N–H and O–H groups in total. The molecule has 9 atom stereocenters. The van der Waals surface area contributed by atoms with E-state index in [1.54, 1.807) is 13.2 Å². The van der Waals surface area contributed by atoms with Gasteiger partial charge < -0.3 is 36.0 Å². The van der Waals surface area contributed by atoms with Crippen LogP contribution in [0.4, 0.5) is 8.78 Å². The van der Waals surface area contributed by atoms with Gasteiger partial charge in [-0.25, -0.2) is 8.78 Å². The number of hydrogen-bond acceptors (Lipinski definition) is 8. The summed E-state index contributed by atoms with van der Waals surface area (Å²) in [5, 5.41) is 40.0. The number of carbonyl (C=O) groups is 1. The van der Waals surface area contributed by atoms with Crippen LogP contribution in [0.3, 0.4) is 0 Å². The van der Waals surface area contributed by atoms with Gasteiger partial charge in [0.2, 0.25) is 11.8 Å². The Kier molecular flexibility index (Phi) is 12.2. The smallest absolute Gasteiger partial charge is 0.248 e. The zero-order chi connectivity index (χ0) is 27.2. The first kappa shape index (κ1) is 31.3. The number of carbonyl (C=O) groups excluding carboxylic acids is 1. The van der Waals surface area contributed by atoms with E-state index in [4.69, 9.17) is 16.3 Å². The topological polar surface area (TPSA) is 123 Å². The van der Waals surface area contributed by atoms with E-state index in [1.165, 1.54) is 11.8 Å². The van der Waals surface area contributed by atoms with E-state index in [9.17, 15) is 28.9 Å². The Balaban J connectivity index is 1.43. The van der Waals surface area contributed by atoms with Crippen molar-refractivity contribution in [2.75, 3.05) is 19.3 Å². The first-order valence-corrected chi connectivity index (χ1v) is 15.3. The Morgan fingerprint density at radius 2 is 1.84 bits per heavy atom. The number of thioether (sulfide) groups is 1. The standard InChI is InChI=1S/C25H44ClF2N3O5S/c1-14(26)18(22-20(33)19(32)21(34)24(36-22)37-2)31-23(35)17-6-5-15(9-13-30-17)4-3-12-29-16-7-10-25(27,28)11-8-16/h14-22,24,29-30,32-34H,3-13H2,1-2H3,(H,31,35)/t14-,15-,17-,18+,19?,20?,21+,22+,24?/m0/s1. The lowest BCUT2D eigenvalue weighted by Crippen LogP contribution is -2.65. The molecule has 12 heteroatoms. The summed E-state index contributed by atoms with van der Waals surface area (Å²) in [7, 11) is 0. The van der Waals surface area contributed by atoms with Gasteiger partial charge >= 0.3 is 0 Å². The van der Waals surface area contributed by atoms with E-state index in [0.717, 1.165) is 32.2 Å². The molecule has 0 bridgehead atoms. The van der Waals surface area contributed by atoms with Gasteiger partial charge in [0.25, 0.3) is 0 Å². The van der Waals surface area contributed by atoms with E-state index in [-0.39, 0.29) is 24.8 Å². The van der Waals surface area contributed by atoms with Gasteiger partial charge in [0, 0.05) is 18.9 Å². The third-order valence-electron chi connectivity index (χ3n) is 8.06. The van der Waals surface area contributed by atoms with Crippen molar-refractivity contribution in [1.29, 1.82) is 0 Å². The second kappa shape index (κ2) is 14.4. The maximum atomic E-state index is 13.3. The fourth-order valence-electron chi connectivity index (χ4n) is 5.65. The number of hydrogen-bond donors (Lipinski definition) is 6. The molecule has 8 nitrogen and oxygen atoms in total. The molecule has 3 aliphatic rings. The second-order valence-corrected chi connectivity index (χ2v) is 12.5. The predicted molar refractivity (Wildman–Crippen MR) is 141 cm³/mol. The Morgan fingerprint density at radius 1 is 1.14 bits per heavy atom. The van der Waals surface area contributed by atoms with Gasteiger partial charge in [-0.05, 0) is 77.1 Å². The lowest BCUT2D eigenvalue weighted by Gasteiger charge is -2.44. The molecule has 37 heavy (non-hydrogen) atoms. The summed E-state index contributed by atoms with van der Waals surface area (Å²) >= 11 is 7.59. The Morgan fingerprint density at radius 3 is 2.49 bits per heavy atom. The minimum atomic E-state index is -2.50. The van der Waals surface area contributed by atoms with Crippen molar-refractivity contribution in [3.8, 4) is 0 Å². The highest BCUT2D eigenvalue weighted by molar-refractivity contribution is 7.99. The quantitative estimate of drug-likeness (QED) is 0.174. The molecule has 3 unspecified atom stereocenters. The molecule has 0 spiro atoms. The summed E-state index contributed by atoms with van der Waals surface area (Å²) in [5.41, 5.74) is -0.747. The average molecular weight is 572 g/mol. The van der Waals surface area contributed by atoms with Crippen molar-refractivity contribution >= 4 is 29.3 Å². The first-order chi connectivity index (χ1) is 17.5. The number of aliphatic hydroxyl groups is 3. The van der Waals surface area contributed by atoms with E-state index < -0.39 is 53.2 Å². The van der Waals surface area contributed by atoms with Crippen molar-refractivity contribution < 1.29 is 33.6 Å². The molecule has 0 aromatic carbocycles.